The summed E-state index contributed by atoms with van der Waals surface area (Å²) in [7, 11) is 0. The van der Waals surface area contributed by atoms with Gasteiger partial charge in [0.1, 0.15) is 0 Å². The summed E-state index contributed by atoms with van der Waals surface area (Å²) in [6.45, 7) is 0.371. The molecular formula is C12H11ClN4O. The van der Waals surface area contributed by atoms with Crippen molar-refractivity contribution in [2.45, 2.75) is 6.54 Å². The van der Waals surface area contributed by atoms with Gasteiger partial charge in [0, 0.05) is 10.4 Å². The van der Waals surface area contributed by atoms with Crippen molar-refractivity contribution >= 4 is 39.4 Å². The molecule has 6 heteroatoms. The molecule has 92 valence electrons. The van der Waals surface area contributed by atoms with Gasteiger partial charge in [-0.25, -0.2) is 9.67 Å². The number of nitrogens with zero attached hydrogens (tertiary/aromatic N) is 3. The first kappa shape index (κ1) is 11.3. The minimum atomic E-state index is -0.00342. The highest BCUT2D eigenvalue weighted by molar-refractivity contribution is 6.31. The quantitative estimate of drug-likeness (QED) is 0.738. The van der Waals surface area contributed by atoms with Gasteiger partial charge in [0.25, 0.3) is 0 Å². The summed E-state index contributed by atoms with van der Waals surface area (Å²) in [6, 6.07) is 7.40. The number of aliphatic hydroxyl groups is 1. The molecule has 0 radical (unpaired) electrons. The molecule has 0 bridgehead atoms. The second kappa shape index (κ2) is 4.12. The molecule has 2 heterocycles. The Labute approximate surface area is 108 Å². The summed E-state index contributed by atoms with van der Waals surface area (Å²) in [5, 5.41) is 15.5. The van der Waals surface area contributed by atoms with Crippen molar-refractivity contribution in [3.63, 3.8) is 0 Å². The van der Waals surface area contributed by atoms with Gasteiger partial charge in [0.15, 0.2) is 11.5 Å². The number of aromatic nitrogens is 3. The van der Waals surface area contributed by atoms with Gasteiger partial charge >= 0.3 is 0 Å². The predicted octanol–water partition coefficient (Wildman–Crippen LogP) is 1.81. The predicted molar refractivity (Wildman–Crippen MR) is 71.5 cm³/mol. The van der Waals surface area contributed by atoms with Crippen molar-refractivity contribution in [3.05, 3.63) is 29.3 Å². The number of fused-ring (bicyclic) bond motifs is 2. The highest BCUT2D eigenvalue weighted by Crippen LogP contribution is 2.25. The van der Waals surface area contributed by atoms with Crippen LogP contribution in [0, 0.1) is 0 Å². The normalized spacial score (nSPS) is 11.4. The molecule has 0 aliphatic carbocycles. The van der Waals surface area contributed by atoms with Crippen LogP contribution in [0.1, 0.15) is 0 Å². The van der Waals surface area contributed by atoms with Crippen molar-refractivity contribution in [3.8, 4) is 0 Å². The summed E-state index contributed by atoms with van der Waals surface area (Å²) >= 11 is 5.95. The van der Waals surface area contributed by atoms with E-state index in [2.05, 4.69) is 10.1 Å². The molecule has 0 aliphatic rings. The van der Waals surface area contributed by atoms with Crippen LogP contribution in [0.3, 0.4) is 0 Å². The maximum Gasteiger partial charge on any atom is 0.160 e. The van der Waals surface area contributed by atoms with Crippen molar-refractivity contribution in [1.29, 1.82) is 0 Å². The number of hydrogen-bond donors (Lipinski definition) is 2. The van der Waals surface area contributed by atoms with E-state index in [-0.39, 0.29) is 6.61 Å². The Morgan fingerprint density at radius 3 is 2.94 bits per heavy atom. The fourth-order valence-corrected chi connectivity index (χ4v) is 2.18. The summed E-state index contributed by atoms with van der Waals surface area (Å²) < 4.78 is 1.61. The van der Waals surface area contributed by atoms with Crippen LogP contribution in [0.15, 0.2) is 24.3 Å². The average Bonchev–Trinajstić information content (AvgIpc) is 2.64. The molecule has 2 aromatic heterocycles. The molecule has 0 spiro atoms. The van der Waals surface area contributed by atoms with Crippen LogP contribution < -0.4 is 5.73 Å². The van der Waals surface area contributed by atoms with Gasteiger partial charge in [-0.2, -0.15) is 5.10 Å². The van der Waals surface area contributed by atoms with E-state index < -0.39 is 0 Å². The number of hydrogen-bond acceptors (Lipinski definition) is 4. The highest BCUT2D eigenvalue weighted by Gasteiger charge is 2.10. The molecule has 3 N–H and O–H groups in total. The van der Waals surface area contributed by atoms with Crippen molar-refractivity contribution in [2.24, 2.45) is 0 Å². The van der Waals surface area contributed by atoms with Crippen molar-refractivity contribution in [2.75, 3.05) is 12.3 Å². The third kappa shape index (κ3) is 1.68. The van der Waals surface area contributed by atoms with Crippen LogP contribution in [0.4, 0.5) is 5.82 Å². The Kier molecular flexibility index (Phi) is 2.57. The third-order valence-electron chi connectivity index (χ3n) is 2.82. The lowest BCUT2D eigenvalue weighted by Crippen LogP contribution is -2.05. The summed E-state index contributed by atoms with van der Waals surface area (Å²) in [4.78, 5) is 4.51. The largest absolute Gasteiger partial charge is 0.394 e. The molecule has 0 atom stereocenters. The van der Waals surface area contributed by atoms with Gasteiger partial charge in [-0.1, -0.05) is 11.6 Å². The van der Waals surface area contributed by atoms with Crippen molar-refractivity contribution in [1.82, 2.24) is 14.8 Å². The second-order valence-electron chi connectivity index (χ2n) is 4.03. The van der Waals surface area contributed by atoms with Crippen LogP contribution in [0.2, 0.25) is 5.02 Å². The van der Waals surface area contributed by atoms with E-state index >= 15 is 0 Å². The maximum absolute atomic E-state index is 8.99. The van der Waals surface area contributed by atoms with E-state index in [1.54, 1.807) is 10.7 Å². The molecule has 3 rings (SSSR count). The Morgan fingerprint density at radius 1 is 1.33 bits per heavy atom. The number of halogens is 1. The minimum Gasteiger partial charge on any atom is -0.394 e. The van der Waals surface area contributed by atoms with Crippen LogP contribution in [0.5, 0.6) is 0 Å². The van der Waals surface area contributed by atoms with E-state index in [9.17, 15) is 0 Å². The van der Waals surface area contributed by atoms with Gasteiger partial charge in [-0.05, 0) is 24.3 Å². The molecule has 1 aromatic carbocycles. The molecule has 0 fully saturated rings. The zero-order valence-corrected chi connectivity index (χ0v) is 10.2. The number of aliphatic hydroxyl groups excluding tert-OH is 1. The molecule has 0 saturated carbocycles. The molecule has 3 aromatic rings. The number of nitrogen functional groups attached to an aromatic ring is 1. The van der Waals surface area contributed by atoms with Gasteiger partial charge in [0.2, 0.25) is 0 Å². The van der Waals surface area contributed by atoms with Crippen LogP contribution >= 0.6 is 11.6 Å². The molecule has 0 unspecified atom stereocenters. The van der Waals surface area contributed by atoms with E-state index in [0.29, 0.717) is 23.0 Å². The average molecular weight is 263 g/mol. The lowest BCUT2D eigenvalue weighted by Gasteiger charge is -2.01. The molecule has 0 aliphatic heterocycles. The van der Waals surface area contributed by atoms with Gasteiger partial charge in [-0.15, -0.1) is 0 Å². The smallest absolute Gasteiger partial charge is 0.160 e. The highest BCUT2D eigenvalue weighted by atomic mass is 35.5. The van der Waals surface area contributed by atoms with Crippen molar-refractivity contribution < 1.29 is 5.11 Å². The molecular weight excluding hydrogens is 252 g/mol. The first-order chi connectivity index (χ1) is 8.69. The number of nitrogens with two attached hydrogens (primary N) is 1. The maximum atomic E-state index is 8.99. The zero-order valence-electron chi connectivity index (χ0n) is 9.47. The number of pyridine rings is 1. The second-order valence-corrected chi connectivity index (χ2v) is 4.46. The summed E-state index contributed by atoms with van der Waals surface area (Å²) in [6.07, 6.45) is 0. The Hall–Kier alpha value is -1.85. The molecule has 0 amide bonds. The van der Waals surface area contributed by atoms with Gasteiger partial charge in [0.05, 0.1) is 24.1 Å². The lowest BCUT2D eigenvalue weighted by molar-refractivity contribution is 0.271. The van der Waals surface area contributed by atoms with Crippen LogP contribution in [-0.4, -0.2) is 26.5 Å². The SMILES string of the molecule is Nc1nn(CCO)c2nc3ccc(Cl)cc3cc12. The zero-order chi connectivity index (χ0) is 12.7. The summed E-state index contributed by atoms with van der Waals surface area (Å²) in [5.74, 6) is 0.410. The fraction of sp³-hybridized carbons (Fsp3) is 0.167. The van der Waals surface area contributed by atoms with Gasteiger partial charge in [-0.3, -0.25) is 0 Å². The van der Waals surface area contributed by atoms with E-state index in [1.165, 1.54) is 0 Å². The molecule has 5 nitrogen and oxygen atoms in total. The molecule has 0 saturated heterocycles. The number of anilines is 1. The first-order valence-corrected chi connectivity index (χ1v) is 5.90. The number of rotatable bonds is 2. The minimum absolute atomic E-state index is 0.00342. The standard InChI is InChI=1S/C12H11ClN4O/c13-8-1-2-10-7(5-8)6-9-11(14)16-17(3-4-18)12(9)15-10/h1-2,5-6,18H,3-4H2,(H2,14,16). The number of benzene rings is 1. The van der Waals surface area contributed by atoms with E-state index in [1.807, 2.05) is 18.2 Å². The Balaban J connectivity index is 2.35. The fourth-order valence-electron chi connectivity index (χ4n) is 2.00. The summed E-state index contributed by atoms with van der Waals surface area (Å²) in [5.41, 5.74) is 7.35. The van der Waals surface area contributed by atoms with E-state index in [0.717, 1.165) is 16.3 Å². The lowest BCUT2D eigenvalue weighted by atomic mass is 10.2. The van der Waals surface area contributed by atoms with E-state index in [4.69, 9.17) is 22.4 Å². The van der Waals surface area contributed by atoms with Gasteiger partial charge < -0.3 is 10.8 Å². The monoisotopic (exact) mass is 262 g/mol. The Morgan fingerprint density at radius 2 is 2.17 bits per heavy atom. The Bertz CT molecular complexity index is 738. The topological polar surface area (TPSA) is 77.0 Å². The first-order valence-electron chi connectivity index (χ1n) is 5.52. The van der Waals surface area contributed by atoms with Crippen LogP contribution in [-0.2, 0) is 6.54 Å². The molecule has 18 heavy (non-hydrogen) atoms. The van der Waals surface area contributed by atoms with Crippen LogP contribution in [0.25, 0.3) is 21.9 Å². The third-order valence-corrected chi connectivity index (χ3v) is 3.05.